The van der Waals surface area contributed by atoms with Crippen molar-refractivity contribution in [3.8, 4) is 11.5 Å². The van der Waals surface area contributed by atoms with Crippen molar-refractivity contribution in [1.82, 2.24) is 35.7 Å². The van der Waals surface area contributed by atoms with Crippen LogP contribution in [-0.2, 0) is 51.3 Å². The average molecular weight is 830 g/mol. The first-order valence-corrected chi connectivity index (χ1v) is 19.0. The van der Waals surface area contributed by atoms with Crippen LogP contribution in [0.3, 0.4) is 0 Å². The Morgan fingerprint density at radius 1 is 1.04 bits per heavy atom. The van der Waals surface area contributed by atoms with Crippen LogP contribution in [0, 0.1) is 0 Å². The molecule has 3 amide bonds. The van der Waals surface area contributed by atoms with E-state index in [1.54, 1.807) is 45.0 Å². The van der Waals surface area contributed by atoms with Crippen molar-refractivity contribution < 1.29 is 62.7 Å². The van der Waals surface area contributed by atoms with Gasteiger partial charge in [-0.3, -0.25) is 19.3 Å². The number of carboxylic acids is 2. The molecule has 3 atom stereocenters. The van der Waals surface area contributed by atoms with E-state index in [4.69, 9.17) is 28.8 Å². The summed E-state index contributed by atoms with van der Waals surface area (Å²) in [4.78, 5) is 78.0. The number of aliphatic carboxylic acids is 2. The highest BCUT2D eigenvalue weighted by Gasteiger charge is 2.67. The molecule has 3 aromatic rings. The monoisotopic (exact) mass is 829 g/mol. The third-order valence-electron chi connectivity index (χ3n) is 8.15. The molecule has 2 aliphatic heterocycles. The Bertz CT molecular complexity index is 2040. The number of thioether (sulfide) groups is 2. The van der Waals surface area contributed by atoms with Gasteiger partial charge < -0.3 is 44.5 Å². The second kappa shape index (κ2) is 17.9. The van der Waals surface area contributed by atoms with E-state index in [9.17, 15) is 33.9 Å². The fourth-order valence-corrected chi connectivity index (χ4v) is 8.04. The van der Waals surface area contributed by atoms with Crippen molar-refractivity contribution in [2.24, 2.45) is 0 Å². The molecule has 22 heteroatoms. The van der Waals surface area contributed by atoms with E-state index in [2.05, 4.69) is 26.2 Å². The summed E-state index contributed by atoms with van der Waals surface area (Å²) < 4.78 is 28.0. The summed E-state index contributed by atoms with van der Waals surface area (Å²) in [7, 11) is 2.69. The van der Waals surface area contributed by atoms with Gasteiger partial charge in [0.1, 0.15) is 47.4 Å². The standard InChI is InChI=1S/C35H39N7O13S2/c1-34(2,3)55-25(45)16-53-23-12-8-20(9-13-23)26(36-33(50)54-15-19-6-10-22(51-4)11-7-19)28(46)37-35(52-5)30(49)42-27(29(47)48)21(17-56-31(35)42)18-57-32-38-39-40-41(32)14-24(43)44/h6-13,26,31H,14-18H2,1-5H3,(H,36,50)(H,37,46)(H,43,44)(H,47,48)/t26?,31-,35+/m1/s1. The molecular weight excluding hydrogens is 791 g/mol. The second-order valence-electron chi connectivity index (χ2n) is 13.3. The molecule has 5 rings (SSSR count). The minimum Gasteiger partial charge on any atom is -0.497 e. The van der Waals surface area contributed by atoms with Gasteiger partial charge in [-0.05, 0) is 72.2 Å². The molecule has 2 aliphatic rings. The molecule has 3 heterocycles. The normalized spacial score (nSPS) is 18.1. The predicted molar refractivity (Wildman–Crippen MR) is 199 cm³/mol. The largest absolute Gasteiger partial charge is 0.497 e. The first-order chi connectivity index (χ1) is 27.0. The predicted octanol–water partition coefficient (Wildman–Crippen LogP) is 1.96. The highest BCUT2D eigenvalue weighted by Crippen LogP contribution is 2.47. The smallest absolute Gasteiger partial charge is 0.408 e. The minimum atomic E-state index is -2.05. The number of carbonyl (C=O) groups excluding carboxylic acids is 4. The van der Waals surface area contributed by atoms with Gasteiger partial charge in [0.15, 0.2) is 6.61 Å². The number of amides is 3. The second-order valence-corrected chi connectivity index (χ2v) is 15.3. The molecule has 0 aliphatic carbocycles. The van der Waals surface area contributed by atoms with E-state index in [-0.39, 0.29) is 46.9 Å². The number of esters is 1. The summed E-state index contributed by atoms with van der Waals surface area (Å²) in [6, 6.07) is 11.1. The van der Waals surface area contributed by atoms with E-state index in [1.165, 1.54) is 38.5 Å². The molecule has 0 saturated carbocycles. The topological polar surface area (TPSA) is 260 Å². The summed E-state index contributed by atoms with van der Waals surface area (Å²) in [6.07, 6.45) is -0.982. The molecule has 20 nitrogen and oxygen atoms in total. The highest BCUT2D eigenvalue weighted by molar-refractivity contribution is 8.01. The van der Waals surface area contributed by atoms with Crippen LogP contribution in [0.4, 0.5) is 4.79 Å². The number of rotatable bonds is 17. The number of benzene rings is 2. The molecule has 57 heavy (non-hydrogen) atoms. The molecule has 1 fully saturated rings. The number of hydrogen-bond donors (Lipinski definition) is 4. The van der Waals surface area contributed by atoms with E-state index in [1.807, 2.05) is 0 Å². The number of nitrogens with one attached hydrogen (secondary N) is 2. The van der Waals surface area contributed by atoms with E-state index < -0.39 is 65.1 Å². The zero-order valence-corrected chi connectivity index (χ0v) is 32.9. The van der Waals surface area contributed by atoms with Gasteiger partial charge in [-0.25, -0.2) is 19.1 Å². The Kier molecular flexibility index (Phi) is 13.3. The lowest BCUT2D eigenvalue weighted by molar-refractivity contribution is -0.192. The summed E-state index contributed by atoms with van der Waals surface area (Å²) in [5.74, 6) is -4.06. The molecule has 0 bridgehead atoms. The van der Waals surface area contributed by atoms with Crippen LogP contribution in [-0.4, -0.2) is 120 Å². The Morgan fingerprint density at radius 2 is 1.72 bits per heavy atom. The van der Waals surface area contributed by atoms with Crippen LogP contribution in [0.5, 0.6) is 11.5 Å². The van der Waals surface area contributed by atoms with Crippen LogP contribution < -0.4 is 20.1 Å². The van der Waals surface area contributed by atoms with Crippen molar-refractivity contribution >= 4 is 59.3 Å². The number of tetrazole rings is 1. The molecule has 4 N–H and O–H groups in total. The number of hydrogen-bond acceptors (Lipinski definition) is 16. The molecule has 0 radical (unpaired) electrons. The molecule has 1 aromatic heterocycles. The van der Waals surface area contributed by atoms with Gasteiger partial charge in [-0.15, -0.1) is 16.9 Å². The van der Waals surface area contributed by atoms with Crippen molar-refractivity contribution in [2.45, 2.75) is 61.8 Å². The van der Waals surface area contributed by atoms with Gasteiger partial charge in [0, 0.05) is 18.6 Å². The Morgan fingerprint density at radius 3 is 2.33 bits per heavy atom. The zero-order valence-electron chi connectivity index (χ0n) is 31.2. The van der Waals surface area contributed by atoms with Crippen LogP contribution >= 0.6 is 23.5 Å². The van der Waals surface area contributed by atoms with Crippen molar-refractivity contribution in [3.05, 3.63) is 70.9 Å². The van der Waals surface area contributed by atoms with Crippen LogP contribution in [0.2, 0.25) is 0 Å². The van der Waals surface area contributed by atoms with Crippen LogP contribution in [0.25, 0.3) is 0 Å². The summed E-state index contributed by atoms with van der Waals surface area (Å²) in [6.45, 7) is 4.09. The van der Waals surface area contributed by atoms with Crippen molar-refractivity contribution in [3.63, 3.8) is 0 Å². The zero-order chi connectivity index (χ0) is 41.5. The maximum absolute atomic E-state index is 14.1. The van der Waals surface area contributed by atoms with Gasteiger partial charge in [0.25, 0.3) is 11.6 Å². The van der Waals surface area contributed by atoms with Crippen molar-refractivity contribution in [1.29, 1.82) is 0 Å². The first kappa shape index (κ1) is 42.3. The third-order valence-corrected chi connectivity index (χ3v) is 10.6. The maximum atomic E-state index is 14.1. The lowest BCUT2D eigenvalue weighted by Crippen LogP contribution is -2.81. The van der Waals surface area contributed by atoms with Crippen molar-refractivity contribution in [2.75, 3.05) is 32.3 Å². The Hall–Kier alpha value is -5.87. The van der Waals surface area contributed by atoms with E-state index >= 15 is 0 Å². The molecule has 2 aromatic carbocycles. The lowest BCUT2D eigenvalue weighted by atomic mass is 9.97. The number of β-lactam (4-membered cyclic amide) rings is 1. The number of alkyl carbamates (subject to hydrolysis) is 1. The van der Waals surface area contributed by atoms with Gasteiger partial charge in [-0.2, -0.15) is 0 Å². The molecule has 1 saturated heterocycles. The fourth-order valence-electron chi connectivity index (χ4n) is 5.59. The Labute approximate surface area is 333 Å². The minimum absolute atomic E-state index is 0.000415. The summed E-state index contributed by atoms with van der Waals surface area (Å²) >= 11 is 2.10. The van der Waals surface area contributed by atoms with Gasteiger partial charge in [-0.1, -0.05) is 36.0 Å². The van der Waals surface area contributed by atoms with E-state index in [0.717, 1.165) is 33.1 Å². The number of methoxy groups -OCH3 is 2. The number of fused-ring (bicyclic) bond motifs is 1. The quantitative estimate of drug-likeness (QED) is 0.0656. The third kappa shape index (κ3) is 10.1. The maximum Gasteiger partial charge on any atom is 0.408 e. The fraction of sp³-hybridized carbons (Fsp3) is 0.400. The number of carbonyl (C=O) groups is 6. The van der Waals surface area contributed by atoms with Gasteiger partial charge >= 0.3 is 24.0 Å². The van der Waals surface area contributed by atoms with Crippen LogP contribution in [0.1, 0.15) is 37.9 Å². The average Bonchev–Trinajstić information content (AvgIpc) is 3.61. The number of carboxylic acid groups (broad SMARTS) is 2. The molecule has 0 spiro atoms. The Balaban J connectivity index is 1.34. The van der Waals surface area contributed by atoms with Gasteiger partial charge in [0.05, 0.1) is 7.11 Å². The van der Waals surface area contributed by atoms with Gasteiger partial charge in [0.2, 0.25) is 11.1 Å². The number of aromatic nitrogens is 4. The van der Waals surface area contributed by atoms with E-state index in [0.29, 0.717) is 16.9 Å². The molecule has 1 unspecified atom stereocenters. The molecule has 304 valence electrons. The number of nitrogens with zero attached hydrogens (tertiary/aromatic N) is 5. The first-order valence-electron chi connectivity index (χ1n) is 16.9. The SMILES string of the molecule is COc1ccc(COC(=O)NC(C(=O)N[C@]2(OC)C(=O)N3C(C(=O)O)=C(CSc4nnnn4CC(=O)O)CS[C@@H]32)c2ccc(OCC(=O)OC(C)(C)C)cc2)cc1. The van der Waals surface area contributed by atoms with Crippen LogP contribution in [0.15, 0.2) is 65.0 Å². The highest BCUT2D eigenvalue weighted by atomic mass is 32.2. The summed E-state index contributed by atoms with van der Waals surface area (Å²) in [5, 5.41) is 34.4. The number of ether oxygens (including phenoxy) is 5. The molecular formula is C35H39N7O13S2. The summed E-state index contributed by atoms with van der Waals surface area (Å²) in [5.41, 5.74) is -1.93. The lowest BCUT2D eigenvalue weighted by Gasteiger charge is -2.56.